The van der Waals surface area contributed by atoms with Crippen molar-refractivity contribution in [3.05, 3.63) is 40.6 Å². The average molecular weight is 403 g/mol. The van der Waals surface area contributed by atoms with E-state index in [4.69, 9.17) is 10.5 Å². The highest BCUT2D eigenvalue weighted by Gasteiger charge is 2.22. The van der Waals surface area contributed by atoms with Crippen molar-refractivity contribution in [2.24, 2.45) is 0 Å². The minimum absolute atomic E-state index is 0.0384. The van der Waals surface area contributed by atoms with Gasteiger partial charge in [0.25, 0.3) is 0 Å². The molecule has 1 aromatic heterocycles. The maximum Gasteiger partial charge on any atom is 0.343 e. The van der Waals surface area contributed by atoms with Gasteiger partial charge in [0.15, 0.2) is 5.16 Å². The summed E-state index contributed by atoms with van der Waals surface area (Å²) in [5.41, 5.74) is 9.99. The number of hydrogen-bond donors (Lipinski definition) is 2. The van der Waals surface area contributed by atoms with Crippen LogP contribution in [0.5, 0.6) is 0 Å². The molecule has 8 heteroatoms. The number of ether oxygens (including phenoxy) is 1. The standard InChI is InChI=1S/C20H26N4O3S/c1-6-15(18(25)23-16-12(4)8-11(3)9-13(16)5)28-20-22-10-14(17(21)24-20)19(26)27-7-2/h8-10,15H,6-7H2,1-5H3,(H,23,25)(H2,21,22,24)/t15-/m0/s1. The fourth-order valence-electron chi connectivity index (χ4n) is 2.83. The summed E-state index contributed by atoms with van der Waals surface area (Å²) in [6, 6.07) is 4.07. The zero-order valence-corrected chi connectivity index (χ0v) is 17.6. The van der Waals surface area contributed by atoms with Crippen LogP contribution < -0.4 is 11.1 Å². The Labute approximate surface area is 169 Å². The molecule has 2 rings (SSSR count). The molecule has 1 amide bonds. The molecule has 3 N–H and O–H groups in total. The molecule has 1 aromatic carbocycles. The van der Waals surface area contributed by atoms with Crippen molar-refractivity contribution >= 4 is 35.1 Å². The number of hydrogen-bond acceptors (Lipinski definition) is 7. The molecule has 2 aromatic rings. The highest BCUT2D eigenvalue weighted by Crippen LogP contribution is 2.27. The molecule has 0 bridgehead atoms. The number of nitrogen functional groups attached to an aromatic ring is 1. The van der Waals surface area contributed by atoms with E-state index in [1.165, 1.54) is 18.0 Å². The Kier molecular flexibility index (Phi) is 7.39. The quantitative estimate of drug-likeness (QED) is 0.413. The van der Waals surface area contributed by atoms with Gasteiger partial charge in [-0.25, -0.2) is 14.8 Å². The summed E-state index contributed by atoms with van der Waals surface area (Å²) in [7, 11) is 0. The van der Waals surface area contributed by atoms with Gasteiger partial charge in [0.1, 0.15) is 11.4 Å². The van der Waals surface area contributed by atoms with Crippen LogP contribution >= 0.6 is 11.8 Å². The summed E-state index contributed by atoms with van der Waals surface area (Å²) in [5.74, 6) is -0.651. The molecule has 1 heterocycles. The number of carbonyl (C=O) groups excluding carboxylic acids is 2. The molecule has 0 spiro atoms. The van der Waals surface area contributed by atoms with Gasteiger partial charge in [0, 0.05) is 11.9 Å². The smallest absolute Gasteiger partial charge is 0.343 e. The number of benzene rings is 1. The number of rotatable bonds is 7. The fraction of sp³-hybridized carbons (Fsp3) is 0.400. The Hall–Kier alpha value is -2.61. The van der Waals surface area contributed by atoms with Gasteiger partial charge in [0.05, 0.1) is 11.9 Å². The predicted molar refractivity (Wildman–Crippen MR) is 112 cm³/mol. The second-order valence-electron chi connectivity index (χ2n) is 6.45. The number of aryl methyl sites for hydroxylation is 3. The molecular weight excluding hydrogens is 376 g/mol. The first-order valence-electron chi connectivity index (χ1n) is 9.11. The second kappa shape index (κ2) is 9.54. The molecule has 0 unspecified atom stereocenters. The molecule has 0 saturated carbocycles. The van der Waals surface area contributed by atoms with E-state index in [0.29, 0.717) is 11.6 Å². The maximum atomic E-state index is 12.8. The van der Waals surface area contributed by atoms with E-state index in [1.54, 1.807) is 6.92 Å². The van der Waals surface area contributed by atoms with Crippen LogP contribution in [0.15, 0.2) is 23.5 Å². The van der Waals surface area contributed by atoms with Crippen LogP contribution in [0.25, 0.3) is 0 Å². The van der Waals surface area contributed by atoms with E-state index < -0.39 is 11.2 Å². The van der Waals surface area contributed by atoms with Crippen molar-refractivity contribution in [2.45, 2.75) is 51.4 Å². The Morgan fingerprint density at radius 3 is 2.39 bits per heavy atom. The van der Waals surface area contributed by atoms with Gasteiger partial charge in [-0.15, -0.1) is 0 Å². The van der Waals surface area contributed by atoms with Crippen LogP contribution in [0.2, 0.25) is 0 Å². The van der Waals surface area contributed by atoms with E-state index in [1.807, 2.05) is 39.8 Å². The topological polar surface area (TPSA) is 107 Å². The third-order valence-corrected chi connectivity index (χ3v) is 5.37. The third-order valence-electron chi connectivity index (χ3n) is 4.13. The van der Waals surface area contributed by atoms with Crippen molar-refractivity contribution in [2.75, 3.05) is 17.7 Å². The van der Waals surface area contributed by atoms with Crippen LogP contribution in [-0.4, -0.2) is 33.7 Å². The SMILES string of the molecule is CCOC(=O)c1cnc(S[C@@H](CC)C(=O)Nc2c(C)cc(C)cc2C)nc1N. The normalized spacial score (nSPS) is 11.8. The average Bonchev–Trinajstić information content (AvgIpc) is 2.62. The largest absolute Gasteiger partial charge is 0.462 e. The highest BCUT2D eigenvalue weighted by molar-refractivity contribution is 8.00. The number of nitrogens with zero attached hydrogens (tertiary/aromatic N) is 2. The highest BCUT2D eigenvalue weighted by atomic mass is 32.2. The Balaban J connectivity index is 2.15. The summed E-state index contributed by atoms with van der Waals surface area (Å²) in [6.45, 7) is 9.84. The van der Waals surface area contributed by atoms with Crippen LogP contribution in [0.1, 0.15) is 47.3 Å². The number of nitrogens with one attached hydrogen (secondary N) is 1. The predicted octanol–water partition coefficient (Wildman–Crippen LogP) is 3.67. The first-order valence-corrected chi connectivity index (χ1v) is 9.99. The zero-order chi connectivity index (χ0) is 20.8. The lowest BCUT2D eigenvalue weighted by Crippen LogP contribution is -2.26. The van der Waals surface area contributed by atoms with Crippen LogP contribution in [0, 0.1) is 20.8 Å². The van der Waals surface area contributed by atoms with Gasteiger partial charge < -0.3 is 15.8 Å². The summed E-state index contributed by atoms with van der Waals surface area (Å²) in [6.07, 6.45) is 1.92. The first-order chi connectivity index (χ1) is 13.3. The number of aromatic nitrogens is 2. The van der Waals surface area contributed by atoms with Gasteiger partial charge in [0.2, 0.25) is 5.91 Å². The number of carbonyl (C=O) groups is 2. The van der Waals surface area contributed by atoms with Crippen molar-refractivity contribution in [3.8, 4) is 0 Å². The summed E-state index contributed by atoms with van der Waals surface area (Å²) in [4.78, 5) is 32.9. The van der Waals surface area contributed by atoms with Gasteiger partial charge >= 0.3 is 5.97 Å². The van der Waals surface area contributed by atoms with Crippen LogP contribution in [-0.2, 0) is 9.53 Å². The van der Waals surface area contributed by atoms with Crippen molar-refractivity contribution in [1.82, 2.24) is 9.97 Å². The molecule has 7 nitrogen and oxygen atoms in total. The second-order valence-corrected chi connectivity index (χ2v) is 7.62. The summed E-state index contributed by atoms with van der Waals surface area (Å²) >= 11 is 1.21. The molecular formula is C20H26N4O3S. The monoisotopic (exact) mass is 402 g/mol. The van der Waals surface area contributed by atoms with Crippen LogP contribution in [0.3, 0.4) is 0 Å². The molecule has 0 aliphatic rings. The Morgan fingerprint density at radius 2 is 1.86 bits per heavy atom. The number of nitrogens with two attached hydrogens (primary N) is 1. The zero-order valence-electron chi connectivity index (χ0n) is 16.8. The number of amides is 1. The molecule has 0 aliphatic carbocycles. The number of thioether (sulfide) groups is 1. The van der Waals surface area contributed by atoms with Gasteiger partial charge in [-0.2, -0.15) is 0 Å². The van der Waals surface area contributed by atoms with Crippen LogP contribution in [0.4, 0.5) is 11.5 Å². The fourth-order valence-corrected chi connectivity index (χ4v) is 3.68. The molecule has 0 aliphatic heterocycles. The van der Waals surface area contributed by atoms with E-state index >= 15 is 0 Å². The van der Waals surface area contributed by atoms with E-state index in [2.05, 4.69) is 15.3 Å². The summed E-state index contributed by atoms with van der Waals surface area (Å²) < 4.78 is 4.92. The lowest BCUT2D eigenvalue weighted by atomic mass is 10.0. The van der Waals surface area contributed by atoms with E-state index in [0.717, 1.165) is 22.4 Å². The Morgan fingerprint density at radius 1 is 1.21 bits per heavy atom. The van der Waals surface area contributed by atoms with Gasteiger partial charge in [-0.1, -0.05) is 36.4 Å². The lowest BCUT2D eigenvalue weighted by Gasteiger charge is -2.17. The Bertz CT molecular complexity index is 863. The third kappa shape index (κ3) is 5.22. The number of esters is 1. The first kappa shape index (κ1) is 21.7. The lowest BCUT2D eigenvalue weighted by molar-refractivity contribution is -0.115. The number of anilines is 2. The van der Waals surface area contributed by atoms with Gasteiger partial charge in [-0.05, 0) is 45.2 Å². The van der Waals surface area contributed by atoms with Crippen molar-refractivity contribution in [3.63, 3.8) is 0 Å². The molecule has 0 fully saturated rings. The summed E-state index contributed by atoms with van der Waals surface area (Å²) in [5, 5.41) is 2.96. The minimum Gasteiger partial charge on any atom is -0.462 e. The van der Waals surface area contributed by atoms with E-state index in [-0.39, 0.29) is 23.9 Å². The van der Waals surface area contributed by atoms with Crippen molar-refractivity contribution < 1.29 is 14.3 Å². The molecule has 0 saturated heterocycles. The molecule has 150 valence electrons. The molecule has 28 heavy (non-hydrogen) atoms. The maximum absolute atomic E-state index is 12.8. The minimum atomic E-state index is -0.563. The molecule has 0 radical (unpaired) electrons. The van der Waals surface area contributed by atoms with Gasteiger partial charge in [-0.3, -0.25) is 4.79 Å². The van der Waals surface area contributed by atoms with E-state index in [9.17, 15) is 9.59 Å². The van der Waals surface area contributed by atoms with Crippen molar-refractivity contribution in [1.29, 1.82) is 0 Å². The molecule has 1 atom stereocenters.